The molecule has 1 heterocycles. The van der Waals surface area contributed by atoms with Crippen molar-refractivity contribution in [2.75, 3.05) is 27.7 Å². The van der Waals surface area contributed by atoms with Gasteiger partial charge in [0.25, 0.3) is 5.91 Å². The highest BCUT2D eigenvalue weighted by molar-refractivity contribution is 5.94. The van der Waals surface area contributed by atoms with Crippen LogP contribution in [-0.4, -0.2) is 53.6 Å². The van der Waals surface area contributed by atoms with Crippen LogP contribution in [0.4, 0.5) is 0 Å². The molecule has 0 saturated heterocycles. The Hall–Kier alpha value is -3.12. The molecule has 0 aliphatic carbocycles. The number of unbranched alkanes of at least 4 members (excludes halogenated alkanes) is 1. The SMILES string of the molecule is CCCCN(C)Cc1cn[nH]c1-c1ccc(Oc2cccc(C(=O)N(C)C)c2)cc1. The van der Waals surface area contributed by atoms with Gasteiger partial charge in [-0.3, -0.25) is 9.89 Å². The number of aromatic nitrogens is 2. The molecule has 30 heavy (non-hydrogen) atoms. The number of carbonyl (C=O) groups is 1. The minimum atomic E-state index is -0.0496. The first-order chi connectivity index (χ1) is 14.5. The van der Waals surface area contributed by atoms with Gasteiger partial charge in [-0.25, -0.2) is 0 Å². The number of nitrogens with one attached hydrogen (secondary N) is 1. The summed E-state index contributed by atoms with van der Waals surface area (Å²) in [6, 6.07) is 15.1. The molecule has 1 amide bonds. The van der Waals surface area contributed by atoms with Crippen LogP contribution in [0.1, 0.15) is 35.7 Å². The molecule has 2 aromatic carbocycles. The van der Waals surface area contributed by atoms with Gasteiger partial charge >= 0.3 is 0 Å². The Balaban J connectivity index is 1.70. The molecule has 0 fully saturated rings. The number of hydrogen-bond acceptors (Lipinski definition) is 4. The van der Waals surface area contributed by atoms with Crippen LogP contribution in [0.15, 0.2) is 54.7 Å². The standard InChI is InChI=1S/C24H30N4O2/c1-5-6-14-28(4)17-20-16-25-26-23(20)18-10-12-21(13-11-18)30-22-9-7-8-19(15-22)24(29)27(2)3/h7-13,15-16H,5-6,14,17H2,1-4H3,(H,25,26). The number of benzene rings is 2. The number of amides is 1. The van der Waals surface area contributed by atoms with Gasteiger partial charge in [-0.05, 0) is 62.5 Å². The smallest absolute Gasteiger partial charge is 0.253 e. The molecule has 0 spiro atoms. The highest BCUT2D eigenvalue weighted by Crippen LogP contribution is 2.27. The minimum Gasteiger partial charge on any atom is -0.457 e. The second-order valence-electron chi connectivity index (χ2n) is 7.72. The van der Waals surface area contributed by atoms with Gasteiger partial charge in [0.2, 0.25) is 0 Å². The molecule has 0 radical (unpaired) electrons. The lowest BCUT2D eigenvalue weighted by Crippen LogP contribution is -2.21. The van der Waals surface area contributed by atoms with Crippen molar-refractivity contribution in [3.63, 3.8) is 0 Å². The van der Waals surface area contributed by atoms with Gasteiger partial charge in [0.05, 0.1) is 11.9 Å². The fraction of sp³-hybridized carbons (Fsp3) is 0.333. The van der Waals surface area contributed by atoms with Crippen molar-refractivity contribution in [3.05, 3.63) is 65.9 Å². The van der Waals surface area contributed by atoms with E-state index in [4.69, 9.17) is 4.74 Å². The van der Waals surface area contributed by atoms with Crippen LogP contribution in [0.5, 0.6) is 11.5 Å². The van der Waals surface area contributed by atoms with E-state index in [1.807, 2.05) is 42.6 Å². The fourth-order valence-electron chi connectivity index (χ4n) is 3.26. The molecule has 6 nitrogen and oxygen atoms in total. The van der Waals surface area contributed by atoms with Gasteiger partial charge in [0, 0.05) is 37.3 Å². The summed E-state index contributed by atoms with van der Waals surface area (Å²) in [6.45, 7) is 4.14. The zero-order valence-electron chi connectivity index (χ0n) is 18.2. The largest absolute Gasteiger partial charge is 0.457 e. The van der Waals surface area contributed by atoms with Crippen LogP contribution in [0.25, 0.3) is 11.3 Å². The Morgan fingerprint density at radius 3 is 2.53 bits per heavy atom. The number of rotatable bonds is 9. The van der Waals surface area contributed by atoms with E-state index in [0.29, 0.717) is 17.1 Å². The third-order valence-corrected chi connectivity index (χ3v) is 4.92. The average Bonchev–Trinajstić information content (AvgIpc) is 3.20. The lowest BCUT2D eigenvalue weighted by Gasteiger charge is -2.16. The topological polar surface area (TPSA) is 61.5 Å². The summed E-state index contributed by atoms with van der Waals surface area (Å²) in [7, 11) is 5.61. The van der Waals surface area contributed by atoms with Crippen LogP contribution in [-0.2, 0) is 6.54 Å². The van der Waals surface area contributed by atoms with Crippen LogP contribution in [0.2, 0.25) is 0 Å². The molecule has 0 aliphatic heterocycles. The summed E-state index contributed by atoms with van der Waals surface area (Å²) in [6.07, 6.45) is 4.28. The van der Waals surface area contributed by atoms with E-state index >= 15 is 0 Å². The normalized spacial score (nSPS) is 11.0. The molecule has 0 saturated carbocycles. The molecular weight excluding hydrogens is 376 g/mol. The van der Waals surface area contributed by atoms with Crippen molar-refractivity contribution in [3.8, 4) is 22.8 Å². The lowest BCUT2D eigenvalue weighted by atomic mass is 10.1. The second-order valence-corrected chi connectivity index (χ2v) is 7.72. The van der Waals surface area contributed by atoms with Gasteiger partial charge < -0.3 is 14.5 Å². The molecule has 0 aliphatic rings. The monoisotopic (exact) mass is 406 g/mol. The Morgan fingerprint density at radius 1 is 1.07 bits per heavy atom. The Labute approximate surface area is 178 Å². The Kier molecular flexibility index (Phi) is 7.25. The molecule has 1 aromatic heterocycles. The van der Waals surface area contributed by atoms with Crippen LogP contribution in [0, 0.1) is 0 Å². The van der Waals surface area contributed by atoms with Crippen LogP contribution in [0.3, 0.4) is 0 Å². The molecular formula is C24H30N4O2. The quantitative estimate of drug-likeness (QED) is 0.554. The maximum absolute atomic E-state index is 12.1. The third-order valence-electron chi connectivity index (χ3n) is 4.92. The number of hydrogen-bond donors (Lipinski definition) is 1. The van der Waals surface area contributed by atoms with E-state index in [-0.39, 0.29) is 5.91 Å². The Bertz CT molecular complexity index is 963. The van der Waals surface area contributed by atoms with E-state index in [2.05, 4.69) is 29.1 Å². The number of ether oxygens (including phenoxy) is 1. The summed E-state index contributed by atoms with van der Waals surface area (Å²) >= 11 is 0. The van der Waals surface area contributed by atoms with Crippen molar-refractivity contribution in [2.45, 2.75) is 26.3 Å². The zero-order valence-corrected chi connectivity index (χ0v) is 18.2. The van der Waals surface area contributed by atoms with E-state index < -0.39 is 0 Å². The fourth-order valence-corrected chi connectivity index (χ4v) is 3.26. The molecule has 0 bridgehead atoms. The van der Waals surface area contributed by atoms with Crippen molar-refractivity contribution < 1.29 is 9.53 Å². The number of carbonyl (C=O) groups excluding carboxylic acids is 1. The summed E-state index contributed by atoms with van der Waals surface area (Å²) in [5.41, 5.74) is 3.87. The van der Waals surface area contributed by atoms with Crippen molar-refractivity contribution in [2.24, 2.45) is 0 Å². The van der Waals surface area contributed by atoms with Crippen LogP contribution >= 0.6 is 0 Å². The van der Waals surface area contributed by atoms with Crippen molar-refractivity contribution in [1.82, 2.24) is 20.0 Å². The summed E-state index contributed by atoms with van der Waals surface area (Å²) < 4.78 is 5.96. The highest BCUT2D eigenvalue weighted by Gasteiger charge is 2.11. The maximum atomic E-state index is 12.1. The predicted molar refractivity (Wildman–Crippen MR) is 120 cm³/mol. The number of H-pyrrole nitrogens is 1. The first-order valence-electron chi connectivity index (χ1n) is 10.3. The van der Waals surface area contributed by atoms with E-state index in [1.54, 1.807) is 31.1 Å². The molecule has 158 valence electrons. The van der Waals surface area contributed by atoms with Crippen LogP contribution < -0.4 is 4.74 Å². The average molecular weight is 407 g/mol. The first-order valence-corrected chi connectivity index (χ1v) is 10.3. The van der Waals surface area contributed by atoms with Gasteiger partial charge in [0.1, 0.15) is 11.5 Å². The lowest BCUT2D eigenvalue weighted by molar-refractivity contribution is 0.0827. The van der Waals surface area contributed by atoms with Gasteiger partial charge in [0.15, 0.2) is 0 Å². The summed E-state index contributed by atoms with van der Waals surface area (Å²) in [5.74, 6) is 1.30. The summed E-state index contributed by atoms with van der Waals surface area (Å²) in [5, 5.41) is 7.37. The van der Waals surface area contributed by atoms with E-state index in [1.165, 1.54) is 18.4 Å². The molecule has 3 rings (SSSR count). The molecule has 0 unspecified atom stereocenters. The molecule has 1 N–H and O–H groups in total. The number of nitrogens with zero attached hydrogens (tertiary/aromatic N) is 3. The molecule has 0 atom stereocenters. The number of aromatic amines is 1. The summed E-state index contributed by atoms with van der Waals surface area (Å²) in [4.78, 5) is 16.0. The van der Waals surface area contributed by atoms with E-state index in [0.717, 1.165) is 24.3 Å². The van der Waals surface area contributed by atoms with Crippen molar-refractivity contribution >= 4 is 5.91 Å². The van der Waals surface area contributed by atoms with Gasteiger partial charge in [-0.1, -0.05) is 19.4 Å². The third kappa shape index (κ3) is 5.48. The highest BCUT2D eigenvalue weighted by atomic mass is 16.5. The van der Waals surface area contributed by atoms with Gasteiger partial charge in [-0.15, -0.1) is 0 Å². The van der Waals surface area contributed by atoms with Gasteiger partial charge in [-0.2, -0.15) is 5.10 Å². The minimum absolute atomic E-state index is 0.0496. The zero-order chi connectivity index (χ0) is 21.5. The maximum Gasteiger partial charge on any atom is 0.253 e. The molecule has 6 heteroatoms. The second kappa shape index (κ2) is 10.1. The Morgan fingerprint density at radius 2 is 1.83 bits per heavy atom. The predicted octanol–water partition coefficient (Wildman–Crippen LogP) is 4.80. The van der Waals surface area contributed by atoms with E-state index in [9.17, 15) is 4.79 Å². The first kappa shape index (κ1) is 21.6. The van der Waals surface area contributed by atoms with Crippen molar-refractivity contribution in [1.29, 1.82) is 0 Å². The molecule has 3 aromatic rings.